The molecule has 25 heavy (non-hydrogen) atoms. The predicted molar refractivity (Wildman–Crippen MR) is 92.0 cm³/mol. The van der Waals surface area contributed by atoms with E-state index < -0.39 is 17.8 Å². The Morgan fingerprint density at radius 3 is 2.56 bits per heavy atom. The molecule has 0 heterocycles. The topological polar surface area (TPSA) is 53.6 Å². The lowest BCUT2D eigenvalue weighted by Crippen LogP contribution is -2.38. The molecule has 0 aliphatic rings. The van der Waals surface area contributed by atoms with E-state index in [1.807, 2.05) is 7.05 Å². The fourth-order valence-corrected chi connectivity index (χ4v) is 2.13. The van der Waals surface area contributed by atoms with Crippen LogP contribution in [0.5, 0.6) is 5.75 Å². The lowest BCUT2D eigenvalue weighted by atomic mass is 10.2. The first-order valence-electron chi connectivity index (χ1n) is 8.28. The van der Waals surface area contributed by atoms with Crippen molar-refractivity contribution < 1.29 is 22.7 Å². The van der Waals surface area contributed by atoms with Crippen LogP contribution >= 0.6 is 0 Å². The van der Waals surface area contributed by atoms with Crippen LogP contribution in [0.2, 0.25) is 0 Å². The van der Waals surface area contributed by atoms with E-state index in [4.69, 9.17) is 4.74 Å². The first-order valence-corrected chi connectivity index (χ1v) is 8.28. The van der Waals surface area contributed by atoms with Crippen molar-refractivity contribution in [2.24, 2.45) is 0 Å². The van der Waals surface area contributed by atoms with Gasteiger partial charge in [-0.1, -0.05) is 6.92 Å². The highest BCUT2D eigenvalue weighted by atomic mass is 19.4. The number of urea groups is 1. The number of benzene rings is 1. The summed E-state index contributed by atoms with van der Waals surface area (Å²) in [7, 11) is 1.95. The average molecular weight is 361 g/mol. The van der Waals surface area contributed by atoms with Gasteiger partial charge in [0.25, 0.3) is 0 Å². The molecule has 0 aliphatic heterocycles. The maximum atomic E-state index is 12.8. The zero-order valence-corrected chi connectivity index (χ0v) is 15.0. The summed E-state index contributed by atoms with van der Waals surface area (Å²) >= 11 is 0. The van der Waals surface area contributed by atoms with E-state index in [2.05, 4.69) is 29.4 Å². The number of rotatable bonds is 8. The number of alkyl halides is 3. The SMILES string of the molecule is CCOc1ccc(C(F)(F)F)cc1NC(=O)NCCN(C)C(C)CC. The summed E-state index contributed by atoms with van der Waals surface area (Å²) in [5.41, 5.74) is -0.854. The van der Waals surface area contributed by atoms with Gasteiger partial charge in [0, 0.05) is 19.1 Å². The minimum Gasteiger partial charge on any atom is -0.492 e. The van der Waals surface area contributed by atoms with Crippen molar-refractivity contribution in [3.63, 3.8) is 0 Å². The second kappa shape index (κ2) is 9.50. The van der Waals surface area contributed by atoms with Crippen LogP contribution in [0.4, 0.5) is 23.7 Å². The largest absolute Gasteiger partial charge is 0.492 e. The summed E-state index contributed by atoms with van der Waals surface area (Å²) in [6, 6.07) is 2.82. The molecule has 1 aromatic rings. The van der Waals surface area contributed by atoms with Crippen LogP contribution in [0.25, 0.3) is 0 Å². The van der Waals surface area contributed by atoms with Crippen molar-refractivity contribution >= 4 is 11.7 Å². The van der Waals surface area contributed by atoms with E-state index in [-0.39, 0.29) is 18.0 Å². The van der Waals surface area contributed by atoms with E-state index in [9.17, 15) is 18.0 Å². The van der Waals surface area contributed by atoms with Gasteiger partial charge in [-0.15, -0.1) is 0 Å². The number of likely N-dealkylation sites (N-methyl/N-ethyl adjacent to an activating group) is 1. The van der Waals surface area contributed by atoms with Crippen molar-refractivity contribution in [3.05, 3.63) is 23.8 Å². The van der Waals surface area contributed by atoms with E-state index in [1.165, 1.54) is 6.07 Å². The minimum atomic E-state index is -4.49. The van der Waals surface area contributed by atoms with Crippen LogP contribution in [-0.4, -0.2) is 43.7 Å². The number of halogens is 3. The number of hydrogen-bond acceptors (Lipinski definition) is 3. The molecule has 0 saturated heterocycles. The molecule has 1 aromatic carbocycles. The highest BCUT2D eigenvalue weighted by Crippen LogP contribution is 2.35. The van der Waals surface area contributed by atoms with Gasteiger partial charge in [0.1, 0.15) is 5.75 Å². The number of carbonyl (C=O) groups is 1. The second-order valence-corrected chi connectivity index (χ2v) is 5.76. The third-order valence-electron chi connectivity index (χ3n) is 3.95. The Bertz CT molecular complexity index is 565. The molecule has 0 spiro atoms. The molecule has 2 amide bonds. The smallest absolute Gasteiger partial charge is 0.416 e. The summed E-state index contributed by atoms with van der Waals surface area (Å²) in [6.45, 7) is 7.17. The van der Waals surface area contributed by atoms with Crippen LogP contribution < -0.4 is 15.4 Å². The quantitative estimate of drug-likeness (QED) is 0.737. The molecule has 1 atom stereocenters. The Balaban J connectivity index is 2.71. The maximum absolute atomic E-state index is 12.8. The molecule has 0 radical (unpaired) electrons. The Kier molecular flexibility index (Phi) is 8.02. The molecule has 8 heteroatoms. The molecule has 142 valence electrons. The summed E-state index contributed by atoms with van der Waals surface area (Å²) in [5.74, 6) is 0.197. The molecule has 0 saturated carbocycles. The van der Waals surface area contributed by atoms with Gasteiger partial charge in [-0.2, -0.15) is 13.2 Å². The lowest BCUT2D eigenvalue weighted by molar-refractivity contribution is -0.137. The van der Waals surface area contributed by atoms with Gasteiger partial charge in [-0.05, 0) is 45.5 Å². The molecular formula is C17H26F3N3O2. The molecule has 0 fully saturated rings. The van der Waals surface area contributed by atoms with Crippen molar-refractivity contribution in [1.82, 2.24) is 10.2 Å². The maximum Gasteiger partial charge on any atom is 0.416 e. The van der Waals surface area contributed by atoms with E-state index in [0.29, 0.717) is 19.1 Å². The third kappa shape index (κ3) is 6.81. The number of carbonyl (C=O) groups excluding carboxylic acids is 1. The van der Waals surface area contributed by atoms with Gasteiger partial charge in [0.2, 0.25) is 0 Å². The number of ether oxygens (including phenoxy) is 1. The minimum absolute atomic E-state index is 0.00976. The highest BCUT2D eigenvalue weighted by Gasteiger charge is 2.31. The van der Waals surface area contributed by atoms with Gasteiger partial charge in [-0.3, -0.25) is 0 Å². The standard InChI is InChI=1S/C17H26F3N3O2/c1-5-12(3)23(4)10-9-21-16(24)22-14-11-13(17(18,19)20)7-8-15(14)25-6-2/h7-8,11-12H,5-6,9-10H2,1-4H3,(H2,21,22,24). The predicted octanol–water partition coefficient (Wildman–Crippen LogP) is 3.96. The molecule has 0 bridgehead atoms. The number of nitrogens with one attached hydrogen (secondary N) is 2. The monoisotopic (exact) mass is 361 g/mol. The Morgan fingerprint density at radius 2 is 2.00 bits per heavy atom. The number of anilines is 1. The first kappa shape index (κ1) is 21.1. The molecular weight excluding hydrogens is 335 g/mol. The van der Waals surface area contributed by atoms with Crippen molar-refractivity contribution in [3.8, 4) is 5.75 Å². The zero-order chi connectivity index (χ0) is 19.0. The second-order valence-electron chi connectivity index (χ2n) is 5.76. The molecule has 1 unspecified atom stereocenters. The third-order valence-corrected chi connectivity index (χ3v) is 3.95. The van der Waals surface area contributed by atoms with Gasteiger partial charge in [0.15, 0.2) is 0 Å². The van der Waals surface area contributed by atoms with Crippen molar-refractivity contribution in [2.45, 2.75) is 39.4 Å². The molecule has 0 aliphatic carbocycles. The Labute approximate surface area is 146 Å². The van der Waals surface area contributed by atoms with Crippen LogP contribution in [-0.2, 0) is 6.18 Å². The molecule has 0 aromatic heterocycles. The summed E-state index contributed by atoms with van der Waals surface area (Å²) < 4.78 is 43.8. The number of hydrogen-bond donors (Lipinski definition) is 2. The van der Waals surface area contributed by atoms with Gasteiger partial charge in [-0.25, -0.2) is 4.79 Å². The molecule has 1 rings (SSSR count). The van der Waals surface area contributed by atoms with E-state index in [0.717, 1.165) is 18.6 Å². The first-order chi connectivity index (χ1) is 11.7. The zero-order valence-electron chi connectivity index (χ0n) is 15.0. The Morgan fingerprint density at radius 1 is 1.32 bits per heavy atom. The van der Waals surface area contributed by atoms with Gasteiger partial charge < -0.3 is 20.3 Å². The van der Waals surface area contributed by atoms with E-state index >= 15 is 0 Å². The van der Waals surface area contributed by atoms with Crippen LogP contribution in [0, 0.1) is 0 Å². The number of amides is 2. The van der Waals surface area contributed by atoms with Crippen LogP contribution in [0.1, 0.15) is 32.8 Å². The highest BCUT2D eigenvalue weighted by molar-refractivity contribution is 5.91. The van der Waals surface area contributed by atoms with Gasteiger partial charge in [0.05, 0.1) is 17.9 Å². The summed E-state index contributed by atoms with van der Waals surface area (Å²) in [4.78, 5) is 14.1. The Hall–Kier alpha value is -1.96. The summed E-state index contributed by atoms with van der Waals surface area (Å²) in [6.07, 6.45) is -3.50. The average Bonchev–Trinajstić information content (AvgIpc) is 2.54. The van der Waals surface area contributed by atoms with Crippen LogP contribution in [0.3, 0.4) is 0 Å². The van der Waals surface area contributed by atoms with Gasteiger partial charge >= 0.3 is 12.2 Å². The molecule has 2 N–H and O–H groups in total. The van der Waals surface area contributed by atoms with Crippen molar-refractivity contribution in [1.29, 1.82) is 0 Å². The number of nitrogens with zero attached hydrogens (tertiary/aromatic N) is 1. The normalized spacial score (nSPS) is 12.8. The van der Waals surface area contributed by atoms with E-state index in [1.54, 1.807) is 6.92 Å². The summed E-state index contributed by atoms with van der Waals surface area (Å²) in [5, 5.41) is 5.07. The molecule has 5 nitrogen and oxygen atoms in total. The van der Waals surface area contributed by atoms with Crippen molar-refractivity contribution in [2.75, 3.05) is 32.1 Å². The lowest BCUT2D eigenvalue weighted by Gasteiger charge is -2.23. The van der Waals surface area contributed by atoms with Crippen LogP contribution in [0.15, 0.2) is 18.2 Å². The fraction of sp³-hybridized carbons (Fsp3) is 0.588. The fourth-order valence-electron chi connectivity index (χ4n) is 2.13.